The van der Waals surface area contributed by atoms with Gasteiger partial charge in [0.05, 0.1) is 18.5 Å². The van der Waals surface area contributed by atoms with E-state index in [0.717, 1.165) is 35.2 Å². The van der Waals surface area contributed by atoms with E-state index >= 15 is 0 Å². The van der Waals surface area contributed by atoms with Crippen LogP contribution >= 0.6 is 11.3 Å². The maximum Gasteiger partial charge on any atom is 0.203 e. The summed E-state index contributed by atoms with van der Waals surface area (Å²) in [5, 5.41) is 7.06. The molecule has 0 unspecified atom stereocenters. The van der Waals surface area contributed by atoms with Crippen LogP contribution in [-0.2, 0) is 0 Å². The normalized spacial score (nSPS) is 11.0. The van der Waals surface area contributed by atoms with E-state index in [1.54, 1.807) is 17.6 Å². The fourth-order valence-electron chi connectivity index (χ4n) is 2.00. The maximum atomic E-state index is 5.87. The van der Waals surface area contributed by atoms with Gasteiger partial charge in [0.25, 0.3) is 0 Å². The number of ether oxygens (including phenoxy) is 1. The summed E-state index contributed by atoms with van der Waals surface area (Å²) in [6.07, 6.45) is 5.26. The van der Waals surface area contributed by atoms with Crippen molar-refractivity contribution in [3.05, 3.63) is 40.4 Å². The van der Waals surface area contributed by atoms with Gasteiger partial charge in [-0.25, -0.2) is 4.98 Å². The molecule has 0 saturated carbocycles. The van der Waals surface area contributed by atoms with E-state index < -0.39 is 0 Å². The van der Waals surface area contributed by atoms with Crippen molar-refractivity contribution in [2.24, 2.45) is 5.10 Å². The molecule has 1 aromatic carbocycles. The van der Waals surface area contributed by atoms with E-state index in [1.165, 1.54) is 18.4 Å². The van der Waals surface area contributed by atoms with Crippen LogP contribution in [-0.4, -0.2) is 17.8 Å². The van der Waals surface area contributed by atoms with E-state index in [4.69, 9.17) is 4.74 Å². The Kier molecular flexibility index (Phi) is 6.40. The smallest absolute Gasteiger partial charge is 0.203 e. The van der Waals surface area contributed by atoms with Gasteiger partial charge in [0.2, 0.25) is 5.13 Å². The molecule has 0 aliphatic carbocycles. The van der Waals surface area contributed by atoms with Gasteiger partial charge in [0.15, 0.2) is 0 Å². The zero-order valence-electron chi connectivity index (χ0n) is 13.4. The Morgan fingerprint density at radius 1 is 1.32 bits per heavy atom. The molecule has 0 amide bonds. The molecule has 1 N–H and O–H groups in total. The minimum atomic E-state index is 0.747. The molecule has 0 bridgehead atoms. The number of rotatable bonds is 8. The average Bonchev–Trinajstić information content (AvgIpc) is 2.91. The molecule has 2 rings (SSSR count). The molecule has 2 aromatic rings. The summed E-state index contributed by atoms with van der Waals surface area (Å²) < 4.78 is 5.87. The standard InChI is InChI=1S/C17H23N3OS/c1-4-5-6-9-21-16-8-7-13(2)10-15(16)11-18-20-17-19-14(3)12-22-17/h7-8,10-12H,4-6,9H2,1-3H3,(H,19,20). The minimum absolute atomic E-state index is 0.747. The van der Waals surface area contributed by atoms with E-state index in [9.17, 15) is 0 Å². The number of hydrogen-bond acceptors (Lipinski definition) is 5. The fourth-order valence-corrected chi connectivity index (χ4v) is 2.63. The predicted octanol–water partition coefficient (Wildman–Crippen LogP) is 4.77. The van der Waals surface area contributed by atoms with Gasteiger partial charge in [0, 0.05) is 10.9 Å². The molecule has 0 aliphatic heterocycles. The van der Waals surface area contributed by atoms with Crippen LogP contribution in [0.15, 0.2) is 28.7 Å². The van der Waals surface area contributed by atoms with Gasteiger partial charge in [-0.2, -0.15) is 5.10 Å². The highest BCUT2D eigenvalue weighted by molar-refractivity contribution is 7.13. The van der Waals surface area contributed by atoms with Crippen LogP contribution in [0.1, 0.15) is 43.0 Å². The Morgan fingerprint density at radius 2 is 2.18 bits per heavy atom. The third kappa shape index (κ3) is 5.15. The van der Waals surface area contributed by atoms with Gasteiger partial charge in [-0.1, -0.05) is 31.4 Å². The van der Waals surface area contributed by atoms with Crippen LogP contribution in [0.5, 0.6) is 5.75 Å². The first kappa shape index (κ1) is 16.5. The lowest BCUT2D eigenvalue weighted by Crippen LogP contribution is -2.01. The van der Waals surface area contributed by atoms with Crippen molar-refractivity contribution >= 4 is 22.7 Å². The van der Waals surface area contributed by atoms with Crippen LogP contribution in [0.25, 0.3) is 0 Å². The SMILES string of the molecule is CCCCCOc1ccc(C)cc1C=NNc1nc(C)cs1. The molecule has 5 heteroatoms. The third-order valence-corrected chi connectivity index (χ3v) is 4.02. The van der Waals surface area contributed by atoms with Gasteiger partial charge in [-0.3, -0.25) is 5.43 Å². The summed E-state index contributed by atoms with van der Waals surface area (Å²) in [6.45, 7) is 6.97. The van der Waals surface area contributed by atoms with Crippen molar-refractivity contribution < 1.29 is 4.74 Å². The molecular weight excluding hydrogens is 294 g/mol. The first-order chi connectivity index (χ1) is 10.7. The van der Waals surface area contributed by atoms with Crippen molar-refractivity contribution in [3.8, 4) is 5.75 Å². The Hall–Kier alpha value is -1.88. The second kappa shape index (κ2) is 8.54. The molecular formula is C17H23N3OS. The molecule has 1 aromatic heterocycles. The van der Waals surface area contributed by atoms with Crippen LogP contribution in [0, 0.1) is 13.8 Å². The van der Waals surface area contributed by atoms with E-state index in [-0.39, 0.29) is 0 Å². The van der Waals surface area contributed by atoms with Crippen molar-refractivity contribution in [1.82, 2.24) is 4.98 Å². The summed E-state index contributed by atoms with van der Waals surface area (Å²) in [4.78, 5) is 4.31. The Labute approximate surface area is 136 Å². The van der Waals surface area contributed by atoms with Crippen molar-refractivity contribution in [1.29, 1.82) is 0 Å². The minimum Gasteiger partial charge on any atom is -0.493 e. The quantitative estimate of drug-likeness (QED) is 0.433. The molecule has 118 valence electrons. The highest BCUT2D eigenvalue weighted by atomic mass is 32.1. The number of unbranched alkanes of at least 4 members (excludes halogenated alkanes) is 2. The van der Waals surface area contributed by atoms with Gasteiger partial charge in [0.1, 0.15) is 5.75 Å². The predicted molar refractivity (Wildman–Crippen MR) is 94.3 cm³/mol. The largest absolute Gasteiger partial charge is 0.493 e. The van der Waals surface area contributed by atoms with Crippen molar-refractivity contribution in [2.45, 2.75) is 40.0 Å². The molecule has 0 saturated heterocycles. The van der Waals surface area contributed by atoms with Crippen LogP contribution in [0.2, 0.25) is 0 Å². The Bertz CT molecular complexity index is 622. The van der Waals surface area contributed by atoms with E-state index in [2.05, 4.69) is 41.5 Å². The van der Waals surface area contributed by atoms with Gasteiger partial charge < -0.3 is 4.74 Å². The number of anilines is 1. The van der Waals surface area contributed by atoms with Crippen molar-refractivity contribution in [3.63, 3.8) is 0 Å². The molecule has 0 atom stereocenters. The second-order valence-corrected chi connectivity index (χ2v) is 6.12. The molecule has 1 heterocycles. The molecule has 0 aliphatic rings. The summed E-state index contributed by atoms with van der Waals surface area (Å²) in [5.41, 5.74) is 6.13. The average molecular weight is 317 g/mol. The van der Waals surface area contributed by atoms with Crippen LogP contribution in [0.3, 0.4) is 0 Å². The van der Waals surface area contributed by atoms with Gasteiger partial charge >= 0.3 is 0 Å². The number of benzene rings is 1. The van der Waals surface area contributed by atoms with Crippen molar-refractivity contribution in [2.75, 3.05) is 12.0 Å². The second-order valence-electron chi connectivity index (χ2n) is 5.26. The van der Waals surface area contributed by atoms with Gasteiger partial charge in [-0.05, 0) is 32.4 Å². The summed E-state index contributed by atoms with van der Waals surface area (Å²) in [7, 11) is 0. The van der Waals surface area contributed by atoms with E-state index in [1.807, 2.05) is 18.4 Å². The van der Waals surface area contributed by atoms with E-state index in [0.29, 0.717) is 0 Å². The molecule has 0 spiro atoms. The van der Waals surface area contributed by atoms with Crippen LogP contribution < -0.4 is 10.2 Å². The molecule has 0 fully saturated rings. The number of nitrogens with one attached hydrogen (secondary N) is 1. The fraction of sp³-hybridized carbons (Fsp3) is 0.412. The lowest BCUT2D eigenvalue weighted by atomic mass is 10.1. The number of thiazole rings is 1. The highest BCUT2D eigenvalue weighted by Crippen LogP contribution is 2.19. The lowest BCUT2D eigenvalue weighted by molar-refractivity contribution is 0.306. The van der Waals surface area contributed by atoms with Crippen LogP contribution in [0.4, 0.5) is 5.13 Å². The van der Waals surface area contributed by atoms with Gasteiger partial charge in [-0.15, -0.1) is 11.3 Å². The molecule has 22 heavy (non-hydrogen) atoms. The Morgan fingerprint density at radius 3 is 2.91 bits per heavy atom. The summed E-state index contributed by atoms with van der Waals surface area (Å²) in [6, 6.07) is 6.15. The zero-order chi connectivity index (χ0) is 15.8. The first-order valence-electron chi connectivity index (χ1n) is 7.63. The molecule has 0 radical (unpaired) electrons. The summed E-state index contributed by atoms with van der Waals surface area (Å²) >= 11 is 1.54. The maximum absolute atomic E-state index is 5.87. The third-order valence-electron chi connectivity index (χ3n) is 3.15. The number of nitrogens with zero attached hydrogens (tertiary/aromatic N) is 2. The topological polar surface area (TPSA) is 46.5 Å². The molecule has 4 nitrogen and oxygen atoms in total. The monoisotopic (exact) mass is 317 g/mol. The number of hydrazone groups is 1. The Balaban J connectivity index is 1.99. The highest BCUT2D eigenvalue weighted by Gasteiger charge is 2.02. The zero-order valence-corrected chi connectivity index (χ0v) is 14.2. The number of aryl methyl sites for hydroxylation is 2. The lowest BCUT2D eigenvalue weighted by Gasteiger charge is -2.09. The number of hydrogen-bond donors (Lipinski definition) is 1. The first-order valence-corrected chi connectivity index (χ1v) is 8.51. The summed E-state index contributed by atoms with van der Waals surface area (Å²) in [5.74, 6) is 0.877. The number of aromatic nitrogens is 1.